The van der Waals surface area contributed by atoms with Crippen LogP contribution in [0.2, 0.25) is 0 Å². The molecule has 0 aromatic carbocycles. The van der Waals surface area contributed by atoms with E-state index in [1.54, 1.807) is 41.5 Å². The average Bonchev–Trinajstić information content (AvgIpc) is 2.62. The summed E-state index contributed by atoms with van der Waals surface area (Å²) in [7, 11) is 1.95. The second-order valence-electron chi connectivity index (χ2n) is 10.5. The molecule has 0 saturated carbocycles. The van der Waals surface area contributed by atoms with Gasteiger partial charge in [-0.25, -0.2) is 9.59 Å². The van der Waals surface area contributed by atoms with Gasteiger partial charge in [0.2, 0.25) is 0 Å². The van der Waals surface area contributed by atoms with E-state index in [9.17, 15) is 27.6 Å². The highest BCUT2D eigenvalue weighted by atomic mass is 79.9. The fourth-order valence-corrected chi connectivity index (χ4v) is 3.03. The molecule has 0 rings (SSSR count). The minimum absolute atomic E-state index is 0. The van der Waals surface area contributed by atoms with Crippen LogP contribution in [0.15, 0.2) is 0 Å². The molecular weight excluding hydrogens is 537 g/mol. The Hall–Kier alpha value is -1.76. The molecule has 3 amide bonds. The number of ether oxygens (including phenoxy) is 2. The van der Waals surface area contributed by atoms with Crippen LogP contribution in [-0.2, 0) is 14.3 Å². The molecule has 0 aliphatic rings. The summed E-state index contributed by atoms with van der Waals surface area (Å²) in [5.74, 6) is -1.95. The average molecular weight is 579 g/mol. The van der Waals surface area contributed by atoms with Crippen molar-refractivity contribution in [3.63, 3.8) is 0 Å². The first-order chi connectivity index (χ1) is 15.3. The van der Waals surface area contributed by atoms with Crippen LogP contribution >= 0.6 is 0 Å². The lowest BCUT2D eigenvalue weighted by Crippen LogP contribution is -3.00. The highest BCUT2D eigenvalue weighted by Gasteiger charge is 2.38. The van der Waals surface area contributed by atoms with Crippen LogP contribution in [0.4, 0.5) is 22.8 Å². The van der Waals surface area contributed by atoms with E-state index in [-0.39, 0.29) is 23.5 Å². The monoisotopic (exact) mass is 578 g/mol. The number of halogens is 4. The van der Waals surface area contributed by atoms with E-state index < -0.39 is 35.5 Å². The van der Waals surface area contributed by atoms with Gasteiger partial charge in [-0.2, -0.15) is 13.2 Å². The summed E-state index contributed by atoms with van der Waals surface area (Å²) in [6.07, 6.45) is -4.36. The molecule has 0 aromatic rings. The number of nitrogens with zero attached hydrogens (tertiary/aromatic N) is 1. The van der Waals surface area contributed by atoms with E-state index >= 15 is 0 Å². The predicted octanol–water partition coefficient (Wildman–Crippen LogP) is 0.335. The molecule has 208 valence electrons. The van der Waals surface area contributed by atoms with E-state index in [0.29, 0.717) is 56.5 Å². The number of carbonyl (C=O) groups excluding carboxylic acids is 3. The summed E-state index contributed by atoms with van der Waals surface area (Å²) in [4.78, 5) is 34.6. The van der Waals surface area contributed by atoms with Gasteiger partial charge in [0.05, 0.1) is 26.7 Å². The van der Waals surface area contributed by atoms with Crippen molar-refractivity contribution >= 4 is 18.1 Å². The quantitative estimate of drug-likeness (QED) is 0.229. The van der Waals surface area contributed by atoms with Crippen LogP contribution in [-0.4, -0.2) is 86.3 Å². The number of rotatable bonds is 12. The van der Waals surface area contributed by atoms with Gasteiger partial charge in [0.15, 0.2) is 0 Å². The van der Waals surface area contributed by atoms with Crippen LogP contribution in [0.25, 0.3) is 0 Å². The Morgan fingerprint density at radius 1 is 0.686 bits per heavy atom. The number of alkyl halides is 3. The van der Waals surface area contributed by atoms with Crippen LogP contribution < -0.4 is 32.9 Å². The molecular formula is C22H42BrF3N4O5. The Bertz CT molecular complexity index is 629. The molecule has 0 aromatic heterocycles. The number of hydrogen-bond donors (Lipinski definition) is 3. The Morgan fingerprint density at radius 2 is 1.00 bits per heavy atom. The standard InChI is InChI=1S/C22H41F3N4O5.BrH/c1-20(2,3)33-18(31)27-12-9-15-29(7,14-8-11-26-17(30)22(23,24)25)16-10-13-28-19(32)34-21(4,5)6;/h8-16H2,1-7H3,(H2-,26,27,28,30,31,32);1H. The maximum Gasteiger partial charge on any atom is 0.471 e. The summed E-state index contributed by atoms with van der Waals surface area (Å²) < 4.78 is 47.9. The zero-order chi connectivity index (χ0) is 26.6. The highest BCUT2D eigenvalue weighted by Crippen LogP contribution is 2.14. The van der Waals surface area contributed by atoms with Crippen molar-refractivity contribution in [2.24, 2.45) is 0 Å². The zero-order valence-corrected chi connectivity index (χ0v) is 23.5. The van der Waals surface area contributed by atoms with Gasteiger partial charge < -0.3 is 46.9 Å². The summed E-state index contributed by atoms with van der Waals surface area (Å²) in [6.45, 7) is 13.0. The molecule has 0 radical (unpaired) electrons. The fraction of sp³-hybridized carbons (Fsp3) is 0.864. The topological polar surface area (TPSA) is 106 Å². The number of hydrogen-bond acceptors (Lipinski definition) is 5. The van der Waals surface area contributed by atoms with Crippen LogP contribution in [0.1, 0.15) is 60.8 Å². The van der Waals surface area contributed by atoms with Crippen LogP contribution in [0, 0.1) is 0 Å². The lowest BCUT2D eigenvalue weighted by Gasteiger charge is -2.35. The summed E-state index contributed by atoms with van der Waals surface area (Å²) in [6, 6.07) is 0. The molecule has 3 N–H and O–H groups in total. The minimum Gasteiger partial charge on any atom is -1.00 e. The first kappa shape index (κ1) is 35.4. The Balaban J connectivity index is 0. The molecule has 35 heavy (non-hydrogen) atoms. The number of carbonyl (C=O) groups is 3. The van der Waals surface area contributed by atoms with E-state index in [1.165, 1.54) is 0 Å². The molecule has 0 aliphatic heterocycles. The Labute approximate surface area is 217 Å². The molecule has 0 bridgehead atoms. The molecule has 0 atom stereocenters. The lowest BCUT2D eigenvalue weighted by atomic mass is 10.2. The van der Waals surface area contributed by atoms with Crippen LogP contribution in [0.3, 0.4) is 0 Å². The van der Waals surface area contributed by atoms with Gasteiger partial charge in [0.1, 0.15) is 11.2 Å². The van der Waals surface area contributed by atoms with Gasteiger partial charge in [0, 0.05) is 38.9 Å². The minimum atomic E-state index is -4.90. The zero-order valence-electron chi connectivity index (χ0n) is 21.9. The van der Waals surface area contributed by atoms with Gasteiger partial charge in [-0.1, -0.05) is 0 Å². The third kappa shape index (κ3) is 20.2. The summed E-state index contributed by atoms with van der Waals surface area (Å²) in [5, 5.41) is 7.26. The van der Waals surface area contributed by atoms with Crippen molar-refractivity contribution in [2.75, 3.05) is 46.3 Å². The van der Waals surface area contributed by atoms with Gasteiger partial charge in [-0.3, -0.25) is 4.79 Å². The SMILES string of the molecule is CC(C)(C)OC(=O)NCCC[N+](C)(CCCNC(=O)OC(C)(C)C)CCCNC(=O)C(F)(F)F.[Br-]. The van der Waals surface area contributed by atoms with Crippen molar-refractivity contribution in [3.8, 4) is 0 Å². The number of amides is 3. The van der Waals surface area contributed by atoms with E-state index in [2.05, 4.69) is 10.6 Å². The number of quaternary nitrogens is 1. The maximum atomic E-state index is 12.4. The van der Waals surface area contributed by atoms with E-state index in [0.717, 1.165) is 0 Å². The normalized spacial score (nSPS) is 12.3. The van der Waals surface area contributed by atoms with Gasteiger partial charge in [-0.15, -0.1) is 0 Å². The number of nitrogens with one attached hydrogen (secondary N) is 3. The molecule has 0 spiro atoms. The lowest BCUT2D eigenvalue weighted by molar-refractivity contribution is -0.909. The molecule has 9 nitrogen and oxygen atoms in total. The smallest absolute Gasteiger partial charge is 0.471 e. The summed E-state index contributed by atoms with van der Waals surface area (Å²) in [5.41, 5.74) is -1.20. The first-order valence-electron chi connectivity index (χ1n) is 11.5. The van der Waals surface area contributed by atoms with Crippen molar-refractivity contribution in [1.82, 2.24) is 16.0 Å². The Kier molecular flexibility index (Phi) is 15.6. The summed E-state index contributed by atoms with van der Waals surface area (Å²) >= 11 is 0. The molecule has 0 unspecified atom stereocenters. The second-order valence-corrected chi connectivity index (χ2v) is 10.5. The second kappa shape index (κ2) is 15.4. The van der Waals surface area contributed by atoms with Crippen molar-refractivity contribution in [1.29, 1.82) is 0 Å². The first-order valence-corrected chi connectivity index (χ1v) is 11.5. The Morgan fingerprint density at radius 3 is 1.29 bits per heavy atom. The molecule has 0 heterocycles. The third-order valence-electron chi connectivity index (χ3n) is 4.50. The number of alkyl carbamates (subject to hydrolysis) is 2. The van der Waals surface area contributed by atoms with E-state index in [1.807, 2.05) is 12.4 Å². The highest BCUT2D eigenvalue weighted by molar-refractivity contribution is 5.81. The maximum absolute atomic E-state index is 12.4. The fourth-order valence-electron chi connectivity index (χ4n) is 3.03. The van der Waals surface area contributed by atoms with Gasteiger partial charge >= 0.3 is 24.3 Å². The van der Waals surface area contributed by atoms with Crippen LogP contribution in [0.5, 0.6) is 0 Å². The van der Waals surface area contributed by atoms with Crippen molar-refractivity contribution in [3.05, 3.63) is 0 Å². The molecule has 13 heteroatoms. The van der Waals surface area contributed by atoms with E-state index in [4.69, 9.17) is 9.47 Å². The predicted molar refractivity (Wildman–Crippen MR) is 122 cm³/mol. The molecule has 0 saturated heterocycles. The van der Waals surface area contributed by atoms with Crippen molar-refractivity contribution < 1.29 is 58.5 Å². The molecule has 0 aliphatic carbocycles. The third-order valence-corrected chi connectivity index (χ3v) is 4.50. The largest absolute Gasteiger partial charge is 1.00 e. The van der Waals surface area contributed by atoms with Crippen molar-refractivity contribution in [2.45, 2.75) is 78.2 Å². The van der Waals surface area contributed by atoms with Gasteiger partial charge in [-0.05, 0) is 41.5 Å². The van der Waals surface area contributed by atoms with Gasteiger partial charge in [0.25, 0.3) is 0 Å². The molecule has 0 fully saturated rings.